The maximum atomic E-state index is 11.5. The molecule has 12 heavy (non-hydrogen) atoms. The zero-order chi connectivity index (χ0) is 9.61. The fraction of sp³-hybridized carbons (Fsp3) is 0.714. The molecule has 0 aliphatic rings. The van der Waals surface area contributed by atoms with Crippen LogP contribution in [0, 0.1) is 6.92 Å². The lowest BCUT2D eigenvalue weighted by molar-refractivity contribution is -0.136. The molecule has 0 rings (SSSR count). The van der Waals surface area contributed by atoms with Gasteiger partial charge in [-0.3, -0.25) is 4.79 Å². The summed E-state index contributed by atoms with van der Waals surface area (Å²) in [5.74, 6) is -0.322. The SMILES string of the molecule is [CH2]CC(=O)NCCCC(F)(F)F. The second kappa shape index (κ2) is 5.00. The number of carbonyl (C=O) groups is 1. The maximum absolute atomic E-state index is 11.5. The minimum Gasteiger partial charge on any atom is -0.356 e. The Kier molecular flexibility index (Phi) is 4.70. The molecule has 1 radical (unpaired) electrons. The van der Waals surface area contributed by atoms with Gasteiger partial charge in [0.05, 0.1) is 0 Å². The van der Waals surface area contributed by atoms with Gasteiger partial charge in [0.2, 0.25) is 5.91 Å². The molecule has 0 atom stereocenters. The number of carbonyl (C=O) groups excluding carboxylic acids is 1. The van der Waals surface area contributed by atoms with Crippen LogP contribution in [0.1, 0.15) is 19.3 Å². The Balaban J connectivity index is 3.28. The first kappa shape index (κ1) is 11.3. The lowest BCUT2D eigenvalue weighted by Gasteiger charge is -2.06. The van der Waals surface area contributed by atoms with E-state index in [0.29, 0.717) is 0 Å². The molecular weight excluding hydrogens is 171 g/mol. The fourth-order valence-electron chi connectivity index (χ4n) is 0.605. The van der Waals surface area contributed by atoms with Crippen LogP contribution in [-0.4, -0.2) is 18.6 Å². The predicted molar refractivity (Wildman–Crippen MR) is 38.3 cm³/mol. The van der Waals surface area contributed by atoms with E-state index in [1.54, 1.807) is 0 Å². The van der Waals surface area contributed by atoms with Crippen LogP contribution in [0.25, 0.3) is 0 Å². The van der Waals surface area contributed by atoms with Gasteiger partial charge in [0.1, 0.15) is 0 Å². The van der Waals surface area contributed by atoms with Crippen molar-refractivity contribution in [2.75, 3.05) is 6.54 Å². The molecule has 0 heterocycles. The van der Waals surface area contributed by atoms with Crippen molar-refractivity contribution in [1.29, 1.82) is 0 Å². The molecule has 0 aromatic carbocycles. The molecule has 5 heteroatoms. The van der Waals surface area contributed by atoms with Crippen LogP contribution in [0.15, 0.2) is 0 Å². The fourth-order valence-corrected chi connectivity index (χ4v) is 0.605. The van der Waals surface area contributed by atoms with Crippen LogP contribution in [0.3, 0.4) is 0 Å². The Hall–Kier alpha value is -0.740. The molecule has 0 saturated carbocycles. The van der Waals surface area contributed by atoms with Crippen molar-refractivity contribution in [3.8, 4) is 0 Å². The predicted octanol–water partition coefficient (Wildman–Crippen LogP) is 1.67. The van der Waals surface area contributed by atoms with E-state index in [0.717, 1.165) is 0 Å². The van der Waals surface area contributed by atoms with Gasteiger partial charge < -0.3 is 5.32 Å². The van der Waals surface area contributed by atoms with Crippen molar-refractivity contribution in [3.05, 3.63) is 6.92 Å². The lowest BCUT2D eigenvalue weighted by atomic mass is 10.3. The first-order valence-corrected chi connectivity index (χ1v) is 3.58. The standard InChI is InChI=1S/C7H11F3NO/c1-2-6(12)11-5-3-4-7(8,9)10/h1-5H2,(H,11,12). The van der Waals surface area contributed by atoms with Gasteiger partial charge in [-0.2, -0.15) is 13.2 Å². The average Bonchev–Trinajstić information content (AvgIpc) is 1.96. The Morgan fingerprint density at radius 2 is 2.00 bits per heavy atom. The van der Waals surface area contributed by atoms with Crippen molar-refractivity contribution >= 4 is 5.91 Å². The van der Waals surface area contributed by atoms with Gasteiger partial charge >= 0.3 is 6.18 Å². The highest BCUT2D eigenvalue weighted by Crippen LogP contribution is 2.20. The molecule has 0 aliphatic carbocycles. The molecule has 0 spiro atoms. The lowest BCUT2D eigenvalue weighted by Crippen LogP contribution is -2.24. The molecule has 0 saturated heterocycles. The second-order valence-corrected chi connectivity index (χ2v) is 2.32. The summed E-state index contributed by atoms with van der Waals surface area (Å²) in [7, 11) is 0. The molecule has 0 aromatic heterocycles. The Morgan fingerprint density at radius 3 is 2.42 bits per heavy atom. The minimum atomic E-state index is -4.13. The average molecular weight is 182 g/mol. The van der Waals surface area contributed by atoms with Gasteiger partial charge in [-0.1, -0.05) is 0 Å². The third-order valence-electron chi connectivity index (χ3n) is 1.19. The summed E-state index contributed by atoms with van der Waals surface area (Å²) in [5, 5.41) is 2.30. The number of halogens is 3. The number of amides is 1. The van der Waals surface area contributed by atoms with E-state index in [1.807, 2.05) is 0 Å². The van der Waals surface area contributed by atoms with E-state index >= 15 is 0 Å². The summed E-state index contributed by atoms with van der Waals surface area (Å²) < 4.78 is 34.6. The minimum absolute atomic E-state index is 0.0615. The van der Waals surface area contributed by atoms with Crippen LogP contribution in [0.5, 0.6) is 0 Å². The number of hydrogen-bond donors (Lipinski definition) is 1. The Labute approximate surface area is 69.1 Å². The molecule has 0 fully saturated rings. The maximum Gasteiger partial charge on any atom is 0.389 e. The summed E-state index contributed by atoms with van der Waals surface area (Å²) >= 11 is 0. The summed E-state index contributed by atoms with van der Waals surface area (Å²) in [4.78, 5) is 10.5. The van der Waals surface area contributed by atoms with Crippen molar-refractivity contribution < 1.29 is 18.0 Å². The largest absolute Gasteiger partial charge is 0.389 e. The molecule has 0 aromatic rings. The third kappa shape index (κ3) is 7.37. The molecule has 71 valence electrons. The van der Waals surface area contributed by atoms with E-state index in [2.05, 4.69) is 12.2 Å². The molecule has 0 bridgehead atoms. The Bertz CT molecular complexity index is 144. The summed E-state index contributed by atoms with van der Waals surface area (Å²) in [5.41, 5.74) is 0. The van der Waals surface area contributed by atoms with Crippen LogP contribution >= 0.6 is 0 Å². The topological polar surface area (TPSA) is 29.1 Å². The molecular formula is C7H11F3NO. The molecule has 2 nitrogen and oxygen atoms in total. The molecule has 1 amide bonds. The normalized spacial score (nSPS) is 11.3. The summed E-state index contributed by atoms with van der Waals surface area (Å²) in [6, 6.07) is 0. The molecule has 1 N–H and O–H groups in total. The smallest absolute Gasteiger partial charge is 0.356 e. The zero-order valence-corrected chi connectivity index (χ0v) is 6.58. The Morgan fingerprint density at radius 1 is 1.42 bits per heavy atom. The van der Waals surface area contributed by atoms with Crippen LogP contribution < -0.4 is 5.32 Å². The second-order valence-electron chi connectivity index (χ2n) is 2.32. The number of hydrogen-bond acceptors (Lipinski definition) is 1. The van der Waals surface area contributed by atoms with Gasteiger partial charge in [-0.25, -0.2) is 0 Å². The van der Waals surface area contributed by atoms with Gasteiger partial charge in [0.25, 0.3) is 0 Å². The van der Waals surface area contributed by atoms with Crippen molar-refractivity contribution in [2.45, 2.75) is 25.4 Å². The molecule has 0 unspecified atom stereocenters. The van der Waals surface area contributed by atoms with Crippen LogP contribution in [0.4, 0.5) is 13.2 Å². The van der Waals surface area contributed by atoms with E-state index < -0.39 is 12.6 Å². The number of alkyl halides is 3. The van der Waals surface area contributed by atoms with E-state index in [4.69, 9.17) is 0 Å². The monoisotopic (exact) mass is 182 g/mol. The highest BCUT2D eigenvalue weighted by molar-refractivity contribution is 5.76. The van der Waals surface area contributed by atoms with E-state index in [9.17, 15) is 18.0 Å². The summed E-state index contributed by atoms with van der Waals surface area (Å²) in [6.07, 6.45) is -5.00. The first-order chi connectivity index (χ1) is 5.45. The zero-order valence-electron chi connectivity index (χ0n) is 6.58. The van der Waals surface area contributed by atoms with Gasteiger partial charge in [0.15, 0.2) is 0 Å². The van der Waals surface area contributed by atoms with Crippen LogP contribution in [-0.2, 0) is 4.79 Å². The van der Waals surface area contributed by atoms with Crippen molar-refractivity contribution in [1.82, 2.24) is 5.32 Å². The van der Waals surface area contributed by atoms with E-state index in [1.165, 1.54) is 0 Å². The van der Waals surface area contributed by atoms with Gasteiger partial charge in [-0.05, 0) is 13.3 Å². The van der Waals surface area contributed by atoms with Crippen molar-refractivity contribution in [3.63, 3.8) is 0 Å². The number of nitrogens with one attached hydrogen (secondary N) is 1. The van der Waals surface area contributed by atoms with Crippen molar-refractivity contribution in [2.24, 2.45) is 0 Å². The first-order valence-electron chi connectivity index (χ1n) is 3.58. The summed E-state index contributed by atoms with van der Waals surface area (Å²) in [6.45, 7) is 3.34. The molecule has 0 aliphatic heterocycles. The highest BCUT2D eigenvalue weighted by Gasteiger charge is 2.25. The van der Waals surface area contributed by atoms with Gasteiger partial charge in [-0.15, -0.1) is 0 Å². The van der Waals surface area contributed by atoms with E-state index in [-0.39, 0.29) is 25.3 Å². The number of rotatable bonds is 4. The quantitative estimate of drug-likeness (QED) is 0.658. The highest BCUT2D eigenvalue weighted by atomic mass is 19.4. The third-order valence-corrected chi connectivity index (χ3v) is 1.19. The van der Waals surface area contributed by atoms with Crippen LogP contribution in [0.2, 0.25) is 0 Å². The van der Waals surface area contributed by atoms with Gasteiger partial charge in [0, 0.05) is 19.4 Å².